The maximum absolute atomic E-state index is 11.7. The van der Waals surface area contributed by atoms with Crippen LogP contribution < -0.4 is 4.74 Å². The summed E-state index contributed by atoms with van der Waals surface area (Å²) < 4.78 is 5.56. The number of hydroxylamine groups is 2. The molecule has 0 saturated heterocycles. The topological polar surface area (TPSA) is 66.8 Å². The highest BCUT2D eigenvalue weighted by Crippen LogP contribution is 2.21. The van der Waals surface area contributed by atoms with Gasteiger partial charge in [0.15, 0.2) is 0 Å². The van der Waals surface area contributed by atoms with Crippen LogP contribution >= 0.6 is 0 Å². The molecule has 0 bridgehead atoms. The Morgan fingerprint density at radius 3 is 2.05 bits per heavy atom. The number of ether oxygens (including phenoxy) is 1. The zero-order valence-corrected chi connectivity index (χ0v) is 10.8. The molecular weight excluding hydrogens is 258 g/mol. The highest BCUT2D eigenvalue weighted by atomic mass is 16.5. The van der Waals surface area contributed by atoms with Crippen LogP contribution in [-0.2, 0) is 4.79 Å². The molecule has 2 rings (SSSR count). The molecular formula is C15H13NO4. The Labute approximate surface area is 116 Å². The fourth-order valence-corrected chi connectivity index (χ4v) is 1.57. The summed E-state index contributed by atoms with van der Waals surface area (Å²) in [5.74, 6) is -0.529. The lowest BCUT2D eigenvalue weighted by Gasteiger charge is -2.08. The average molecular weight is 271 g/mol. The third-order valence-corrected chi connectivity index (χ3v) is 2.58. The first-order valence-corrected chi connectivity index (χ1v) is 5.92. The molecule has 0 fully saturated rings. The van der Waals surface area contributed by atoms with Gasteiger partial charge in [0.2, 0.25) is 0 Å². The Morgan fingerprint density at radius 1 is 0.950 bits per heavy atom. The summed E-state index contributed by atoms with van der Waals surface area (Å²) >= 11 is 0. The zero-order valence-electron chi connectivity index (χ0n) is 10.8. The lowest BCUT2D eigenvalue weighted by molar-refractivity contribution is -0.153. The molecule has 20 heavy (non-hydrogen) atoms. The molecule has 5 nitrogen and oxygen atoms in total. The summed E-state index contributed by atoms with van der Waals surface area (Å²) in [5, 5.41) is 9.20. The second-order valence-electron chi connectivity index (χ2n) is 4.10. The van der Waals surface area contributed by atoms with E-state index < -0.39 is 11.7 Å². The summed E-state index contributed by atoms with van der Waals surface area (Å²) in [6.45, 7) is 0. The Kier molecular flexibility index (Phi) is 4.12. The molecule has 0 aromatic heterocycles. The van der Waals surface area contributed by atoms with Gasteiger partial charge in [-0.05, 0) is 36.4 Å². The molecule has 5 heteroatoms. The predicted octanol–water partition coefficient (Wildman–Crippen LogP) is 2.51. The van der Waals surface area contributed by atoms with Gasteiger partial charge in [0.25, 0.3) is 5.78 Å². The SMILES string of the molecule is CN(O)C(=O)C(=O)c1ccc(Oc2ccccc2)cc1. The van der Waals surface area contributed by atoms with E-state index in [1.807, 2.05) is 30.3 Å². The largest absolute Gasteiger partial charge is 0.457 e. The predicted molar refractivity (Wildman–Crippen MR) is 71.8 cm³/mol. The van der Waals surface area contributed by atoms with Gasteiger partial charge in [0.05, 0.1) is 0 Å². The normalized spacial score (nSPS) is 9.90. The van der Waals surface area contributed by atoms with Gasteiger partial charge in [-0.1, -0.05) is 18.2 Å². The van der Waals surface area contributed by atoms with Crippen LogP contribution in [0.4, 0.5) is 0 Å². The fourth-order valence-electron chi connectivity index (χ4n) is 1.57. The molecule has 0 radical (unpaired) electrons. The van der Waals surface area contributed by atoms with E-state index in [1.54, 1.807) is 12.1 Å². The molecule has 0 aliphatic rings. The number of Topliss-reactive ketones (excluding diaryl/α,β-unsaturated/α-hetero) is 1. The van der Waals surface area contributed by atoms with Crippen molar-refractivity contribution in [1.29, 1.82) is 0 Å². The van der Waals surface area contributed by atoms with Crippen LogP contribution in [0, 0.1) is 0 Å². The lowest BCUT2D eigenvalue weighted by atomic mass is 10.1. The molecule has 1 N–H and O–H groups in total. The maximum Gasteiger partial charge on any atom is 0.318 e. The number of para-hydroxylation sites is 1. The average Bonchev–Trinajstić information content (AvgIpc) is 2.47. The van der Waals surface area contributed by atoms with Gasteiger partial charge in [-0.3, -0.25) is 14.8 Å². The van der Waals surface area contributed by atoms with Crippen molar-refractivity contribution >= 4 is 11.7 Å². The molecule has 0 spiro atoms. The van der Waals surface area contributed by atoms with E-state index in [2.05, 4.69) is 0 Å². The van der Waals surface area contributed by atoms with Gasteiger partial charge in [0.1, 0.15) is 11.5 Å². The minimum atomic E-state index is -0.985. The van der Waals surface area contributed by atoms with E-state index in [9.17, 15) is 9.59 Å². The Bertz CT molecular complexity index is 606. The summed E-state index contributed by atoms with van der Waals surface area (Å²) in [6.07, 6.45) is 0. The van der Waals surface area contributed by atoms with Crippen LogP contribution in [-0.4, -0.2) is 29.0 Å². The van der Waals surface area contributed by atoms with Gasteiger partial charge in [-0.2, -0.15) is 0 Å². The number of ketones is 1. The molecule has 0 aliphatic heterocycles. The summed E-state index contributed by atoms with van der Waals surface area (Å²) in [5.41, 5.74) is 0.191. The number of rotatable bonds is 4. The third-order valence-electron chi connectivity index (χ3n) is 2.58. The van der Waals surface area contributed by atoms with Crippen molar-refractivity contribution in [2.75, 3.05) is 7.05 Å². The van der Waals surface area contributed by atoms with Gasteiger partial charge in [-0.15, -0.1) is 0 Å². The van der Waals surface area contributed by atoms with Crippen LogP contribution in [0.25, 0.3) is 0 Å². The Balaban J connectivity index is 2.11. The number of likely N-dealkylation sites (N-methyl/N-ethyl adjacent to an activating group) is 1. The molecule has 1 amide bonds. The first kappa shape index (κ1) is 13.8. The second-order valence-corrected chi connectivity index (χ2v) is 4.10. The van der Waals surface area contributed by atoms with Crippen molar-refractivity contribution in [3.05, 3.63) is 60.2 Å². The number of nitrogens with zero attached hydrogens (tertiary/aromatic N) is 1. The monoisotopic (exact) mass is 271 g/mol. The number of hydrogen-bond acceptors (Lipinski definition) is 4. The van der Waals surface area contributed by atoms with Crippen molar-refractivity contribution in [3.63, 3.8) is 0 Å². The van der Waals surface area contributed by atoms with Gasteiger partial charge < -0.3 is 4.74 Å². The van der Waals surface area contributed by atoms with Crippen LogP contribution in [0.3, 0.4) is 0 Å². The Hall–Kier alpha value is -2.66. The maximum atomic E-state index is 11.7. The highest BCUT2D eigenvalue weighted by molar-refractivity contribution is 6.42. The van der Waals surface area contributed by atoms with Crippen LogP contribution in [0.15, 0.2) is 54.6 Å². The van der Waals surface area contributed by atoms with Crippen LogP contribution in [0.5, 0.6) is 11.5 Å². The number of benzene rings is 2. The lowest BCUT2D eigenvalue weighted by Crippen LogP contribution is -2.30. The van der Waals surface area contributed by atoms with E-state index in [-0.39, 0.29) is 10.6 Å². The van der Waals surface area contributed by atoms with Crippen LogP contribution in [0.2, 0.25) is 0 Å². The number of hydrogen-bond donors (Lipinski definition) is 1. The zero-order chi connectivity index (χ0) is 14.5. The quantitative estimate of drug-likeness (QED) is 0.401. The standard InChI is InChI=1S/C15H13NO4/c1-16(19)15(18)14(17)11-7-9-13(10-8-11)20-12-5-3-2-4-6-12/h2-10,19H,1H3. The molecule has 0 heterocycles. The second kappa shape index (κ2) is 5.99. The first-order valence-electron chi connectivity index (χ1n) is 5.92. The molecule has 2 aromatic rings. The first-order chi connectivity index (χ1) is 9.58. The minimum absolute atomic E-state index is 0.191. The van der Waals surface area contributed by atoms with Crippen LogP contribution in [0.1, 0.15) is 10.4 Å². The van der Waals surface area contributed by atoms with Crippen molar-refractivity contribution in [2.45, 2.75) is 0 Å². The molecule has 0 aliphatic carbocycles. The number of amides is 1. The van der Waals surface area contributed by atoms with Crippen molar-refractivity contribution < 1.29 is 19.5 Å². The number of carbonyl (C=O) groups excluding carboxylic acids is 2. The highest BCUT2D eigenvalue weighted by Gasteiger charge is 2.19. The summed E-state index contributed by atoms with van der Waals surface area (Å²) in [4.78, 5) is 23.0. The third kappa shape index (κ3) is 3.21. The van der Waals surface area contributed by atoms with Crippen molar-refractivity contribution in [3.8, 4) is 11.5 Å². The van der Waals surface area contributed by atoms with Gasteiger partial charge >= 0.3 is 5.91 Å². The smallest absolute Gasteiger partial charge is 0.318 e. The van der Waals surface area contributed by atoms with Crippen molar-refractivity contribution in [1.82, 2.24) is 5.06 Å². The number of carbonyl (C=O) groups is 2. The van der Waals surface area contributed by atoms with E-state index in [0.29, 0.717) is 11.5 Å². The van der Waals surface area contributed by atoms with Gasteiger partial charge in [-0.25, -0.2) is 5.06 Å². The molecule has 0 unspecified atom stereocenters. The molecule has 102 valence electrons. The molecule has 0 saturated carbocycles. The molecule has 0 atom stereocenters. The van der Waals surface area contributed by atoms with E-state index in [1.165, 1.54) is 12.1 Å². The van der Waals surface area contributed by atoms with Crippen molar-refractivity contribution in [2.24, 2.45) is 0 Å². The summed E-state index contributed by atoms with van der Waals surface area (Å²) in [6, 6.07) is 15.3. The molecule has 2 aromatic carbocycles. The van der Waals surface area contributed by atoms with E-state index >= 15 is 0 Å². The van der Waals surface area contributed by atoms with E-state index in [4.69, 9.17) is 9.94 Å². The van der Waals surface area contributed by atoms with E-state index in [0.717, 1.165) is 7.05 Å². The minimum Gasteiger partial charge on any atom is -0.457 e. The summed E-state index contributed by atoms with van der Waals surface area (Å²) in [7, 11) is 1.10. The van der Waals surface area contributed by atoms with Gasteiger partial charge in [0, 0.05) is 12.6 Å². The Morgan fingerprint density at radius 2 is 1.50 bits per heavy atom. The fraction of sp³-hybridized carbons (Fsp3) is 0.0667.